The molecule has 9 rings (SSSR count). The molecule has 1 heterocycles. The molecule has 0 aliphatic carbocycles. The second-order valence-corrected chi connectivity index (χ2v) is 12.2. The third-order valence-corrected chi connectivity index (χ3v) is 9.83. The van der Waals surface area contributed by atoms with Crippen molar-refractivity contribution in [3.63, 3.8) is 0 Å². The van der Waals surface area contributed by atoms with Crippen LogP contribution in [0.2, 0.25) is 0 Å². The van der Waals surface area contributed by atoms with E-state index in [-0.39, 0.29) is 0 Å². The van der Waals surface area contributed by atoms with E-state index in [4.69, 9.17) is 2.74 Å². The number of hydrogen-bond donors (Lipinski definition) is 0. The maximum Gasteiger partial charge on any atom is 0.0638 e. The van der Waals surface area contributed by atoms with Gasteiger partial charge in [-0.3, -0.25) is 0 Å². The summed E-state index contributed by atoms with van der Waals surface area (Å²) >= 11 is 1.70. The first-order chi connectivity index (χ1) is 22.1. The van der Waals surface area contributed by atoms with E-state index in [9.17, 15) is 0 Å². The molecular weight excluding hydrogens is 537 g/mol. The quantitative estimate of drug-likeness (QED) is 0.187. The number of benzene rings is 8. The highest BCUT2D eigenvalue weighted by atomic mass is 32.1. The summed E-state index contributed by atoms with van der Waals surface area (Å²) in [5.41, 5.74) is 7.23. The molecule has 43 heavy (non-hydrogen) atoms. The molecule has 0 saturated heterocycles. The van der Waals surface area contributed by atoms with Crippen molar-refractivity contribution in [3.05, 3.63) is 158 Å². The van der Waals surface area contributed by atoms with Gasteiger partial charge in [0.2, 0.25) is 0 Å². The van der Waals surface area contributed by atoms with E-state index >= 15 is 0 Å². The molecule has 0 radical (unpaired) electrons. The molecule has 0 fully saturated rings. The van der Waals surface area contributed by atoms with Crippen LogP contribution in [-0.4, -0.2) is 0 Å². The van der Waals surface area contributed by atoms with Crippen molar-refractivity contribution in [1.29, 1.82) is 0 Å². The average molecular weight is 565 g/mol. The first-order valence-corrected chi connectivity index (χ1v) is 15.4. The predicted octanol–water partition coefficient (Wildman–Crippen LogP) is 12.5. The summed E-state index contributed by atoms with van der Waals surface area (Å²) in [6.45, 7) is 0. The molecule has 0 nitrogen and oxygen atoms in total. The summed E-state index contributed by atoms with van der Waals surface area (Å²) in [6.07, 6.45) is 0. The second kappa shape index (κ2) is 9.66. The molecule has 0 aliphatic heterocycles. The van der Waals surface area contributed by atoms with Gasteiger partial charge in [-0.2, -0.15) is 0 Å². The summed E-state index contributed by atoms with van der Waals surface area (Å²) in [7, 11) is 0. The number of fused-ring (bicyclic) bond motifs is 6. The molecule has 0 amide bonds. The summed E-state index contributed by atoms with van der Waals surface area (Å²) < 4.78 is 18.6. The van der Waals surface area contributed by atoms with Crippen molar-refractivity contribution in [2.75, 3.05) is 0 Å². The molecule has 9 aromatic rings. The summed E-state index contributed by atoms with van der Waals surface area (Å²) in [5, 5.41) is 9.55. The number of rotatable bonds is 3. The van der Waals surface area contributed by atoms with Crippen molar-refractivity contribution >= 4 is 63.8 Å². The summed E-state index contributed by atoms with van der Waals surface area (Å²) in [4.78, 5) is 0. The van der Waals surface area contributed by atoms with Crippen LogP contribution in [0.15, 0.2) is 158 Å². The predicted molar refractivity (Wildman–Crippen MR) is 188 cm³/mol. The van der Waals surface area contributed by atoms with Crippen molar-refractivity contribution in [3.8, 4) is 33.4 Å². The van der Waals surface area contributed by atoms with Crippen LogP contribution >= 0.6 is 11.3 Å². The zero-order chi connectivity index (χ0) is 30.1. The van der Waals surface area contributed by atoms with Crippen molar-refractivity contribution < 1.29 is 2.74 Å². The Kier molecular flexibility index (Phi) is 5.03. The largest absolute Gasteiger partial charge is 0.135 e. The van der Waals surface area contributed by atoms with Crippen LogP contribution < -0.4 is 0 Å². The molecular formula is C42H26S. The monoisotopic (exact) mass is 564 g/mol. The average Bonchev–Trinajstić information content (AvgIpc) is 3.46. The Hall–Kier alpha value is -5.24. The Morgan fingerprint density at radius 3 is 1.72 bits per heavy atom. The lowest BCUT2D eigenvalue weighted by atomic mass is 9.85. The second-order valence-electron chi connectivity index (χ2n) is 11.1. The zero-order valence-corrected chi connectivity index (χ0v) is 24.1. The van der Waals surface area contributed by atoms with Gasteiger partial charge in [0.15, 0.2) is 0 Å². The Balaban J connectivity index is 1.24. The molecule has 0 saturated carbocycles. The molecule has 8 aromatic carbocycles. The Bertz CT molecular complexity index is 2550. The molecule has 1 aromatic heterocycles. The van der Waals surface area contributed by atoms with Crippen LogP contribution in [0.3, 0.4) is 0 Å². The van der Waals surface area contributed by atoms with Crippen LogP contribution in [0.4, 0.5) is 0 Å². The highest BCUT2D eigenvalue weighted by molar-refractivity contribution is 7.25. The van der Waals surface area contributed by atoms with Crippen LogP contribution in [0.1, 0.15) is 2.74 Å². The molecule has 0 aliphatic rings. The minimum Gasteiger partial charge on any atom is -0.135 e. The van der Waals surface area contributed by atoms with Crippen LogP contribution in [0.25, 0.3) is 85.9 Å². The van der Waals surface area contributed by atoms with Gasteiger partial charge in [-0.1, -0.05) is 133 Å². The van der Waals surface area contributed by atoms with E-state index in [1.54, 1.807) is 11.3 Å². The lowest BCUT2D eigenvalue weighted by Crippen LogP contribution is -1.91. The molecule has 0 atom stereocenters. The fraction of sp³-hybridized carbons (Fsp3) is 0. The molecule has 200 valence electrons. The number of hydrogen-bond acceptors (Lipinski definition) is 1. The minimum absolute atomic E-state index is 0.535. The van der Waals surface area contributed by atoms with Gasteiger partial charge in [0.25, 0.3) is 0 Å². The Morgan fingerprint density at radius 1 is 0.372 bits per heavy atom. The lowest BCUT2D eigenvalue weighted by Gasteiger charge is -2.18. The Morgan fingerprint density at radius 2 is 0.977 bits per heavy atom. The first-order valence-electron chi connectivity index (χ1n) is 15.6. The van der Waals surface area contributed by atoms with Gasteiger partial charge in [0, 0.05) is 20.2 Å². The number of thiophene rings is 1. The van der Waals surface area contributed by atoms with E-state index in [0.29, 0.717) is 12.1 Å². The Labute approximate surface area is 256 Å². The summed E-state index contributed by atoms with van der Waals surface area (Å²) in [6, 6.07) is 52.7. The van der Waals surface area contributed by atoms with Gasteiger partial charge in [0.1, 0.15) is 0 Å². The van der Waals surface area contributed by atoms with Crippen molar-refractivity contribution in [2.24, 2.45) is 0 Å². The van der Waals surface area contributed by atoms with Gasteiger partial charge >= 0.3 is 0 Å². The SMILES string of the molecule is [2H]c1ccc2cc(-c3ccc(-c4c5ccccc5c(-c5ccc6sc7c([2H])cccc7c6c5)c5ccccc45)cc3)ccc2c1. The minimum atomic E-state index is 0.535. The van der Waals surface area contributed by atoms with E-state index in [2.05, 4.69) is 115 Å². The van der Waals surface area contributed by atoms with Crippen molar-refractivity contribution in [2.45, 2.75) is 0 Å². The smallest absolute Gasteiger partial charge is 0.0638 e. The van der Waals surface area contributed by atoms with E-state index in [1.165, 1.54) is 65.0 Å². The molecule has 0 bridgehead atoms. The van der Waals surface area contributed by atoms with E-state index in [1.807, 2.05) is 30.3 Å². The lowest BCUT2D eigenvalue weighted by molar-refractivity contribution is 1.63. The van der Waals surface area contributed by atoms with Gasteiger partial charge in [-0.15, -0.1) is 11.3 Å². The maximum atomic E-state index is 8.44. The van der Waals surface area contributed by atoms with Gasteiger partial charge < -0.3 is 0 Å². The molecule has 0 spiro atoms. The van der Waals surface area contributed by atoms with Gasteiger partial charge in [-0.25, -0.2) is 0 Å². The first kappa shape index (κ1) is 22.4. The normalized spacial score (nSPS) is 12.4. The van der Waals surface area contributed by atoms with E-state index in [0.717, 1.165) is 20.9 Å². The maximum absolute atomic E-state index is 8.44. The molecule has 0 unspecified atom stereocenters. The highest BCUT2D eigenvalue weighted by Crippen LogP contribution is 2.45. The fourth-order valence-corrected chi connectivity index (χ4v) is 7.75. The topological polar surface area (TPSA) is 0 Å². The fourth-order valence-electron chi connectivity index (χ4n) is 6.70. The third kappa shape index (κ3) is 3.90. The van der Waals surface area contributed by atoms with Crippen LogP contribution in [-0.2, 0) is 0 Å². The van der Waals surface area contributed by atoms with Gasteiger partial charge in [0.05, 0.1) is 2.74 Å². The van der Waals surface area contributed by atoms with E-state index < -0.39 is 0 Å². The third-order valence-electron chi connectivity index (χ3n) is 8.71. The zero-order valence-electron chi connectivity index (χ0n) is 25.3. The highest BCUT2D eigenvalue weighted by Gasteiger charge is 2.17. The van der Waals surface area contributed by atoms with Gasteiger partial charge in [-0.05, 0) is 89.9 Å². The standard InChI is InChI=1S/C42H26S/c1-2-10-30-25-31(22-19-27(30)9-1)28-17-20-29(21-18-28)41-34-12-3-5-14-36(34)42(37-15-6-4-13-35(37)41)32-23-24-40-38(26-32)33-11-7-8-16-39(33)43-40/h1-26H/i1D,16D. The van der Waals surface area contributed by atoms with Crippen molar-refractivity contribution in [1.82, 2.24) is 0 Å². The van der Waals surface area contributed by atoms with Crippen LogP contribution in [0, 0.1) is 0 Å². The molecule has 1 heteroatoms. The molecule has 0 N–H and O–H groups in total. The van der Waals surface area contributed by atoms with Crippen LogP contribution in [0.5, 0.6) is 0 Å². The summed E-state index contributed by atoms with van der Waals surface area (Å²) in [5.74, 6) is 0.